The summed E-state index contributed by atoms with van der Waals surface area (Å²) in [5, 5.41) is 0. The molecule has 0 spiro atoms. The minimum atomic E-state index is -0.0307. The number of rotatable bonds is 6. The Kier molecular flexibility index (Phi) is 5.91. The number of amides is 1. The summed E-state index contributed by atoms with van der Waals surface area (Å²) >= 11 is 0. The van der Waals surface area contributed by atoms with Crippen LogP contribution in [0.2, 0.25) is 0 Å². The minimum absolute atomic E-state index is 0.0307. The van der Waals surface area contributed by atoms with Crippen molar-refractivity contribution in [3.8, 4) is 17.2 Å². The van der Waals surface area contributed by atoms with Gasteiger partial charge in [-0.05, 0) is 54.8 Å². The molecule has 2 aromatic rings. The summed E-state index contributed by atoms with van der Waals surface area (Å²) in [7, 11) is 6.49. The fourth-order valence-corrected chi connectivity index (χ4v) is 2.67. The zero-order chi connectivity index (χ0) is 18.6. The molecule has 2 rings (SSSR count). The molecule has 0 atom stereocenters. The summed E-state index contributed by atoms with van der Waals surface area (Å²) in [6.07, 6.45) is 0. The largest absolute Gasteiger partial charge is 0.493 e. The fraction of sp³-hybridized carbons (Fsp3) is 0.350. The third-order valence-corrected chi connectivity index (χ3v) is 4.24. The molecule has 0 bridgehead atoms. The van der Waals surface area contributed by atoms with Crippen LogP contribution in [0.5, 0.6) is 17.2 Å². The molecule has 1 amide bonds. The van der Waals surface area contributed by atoms with Crippen molar-refractivity contribution in [2.24, 2.45) is 0 Å². The molecule has 0 fully saturated rings. The van der Waals surface area contributed by atoms with Crippen molar-refractivity contribution in [2.45, 2.75) is 20.4 Å². The summed E-state index contributed by atoms with van der Waals surface area (Å²) < 4.78 is 16.1. The smallest absolute Gasteiger partial charge is 0.253 e. The average Bonchev–Trinajstić information content (AvgIpc) is 2.62. The first-order valence-corrected chi connectivity index (χ1v) is 8.02. The maximum atomic E-state index is 12.7. The SMILES string of the molecule is COc1cc(CN(C)C(=O)c2ccc(C)c(C)c2)cc(OC)c1OC. The number of hydrogen-bond donors (Lipinski definition) is 0. The van der Waals surface area contributed by atoms with Gasteiger partial charge in [0.05, 0.1) is 21.3 Å². The Hall–Kier alpha value is -2.69. The second kappa shape index (κ2) is 7.92. The van der Waals surface area contributed by atoms with Crippen molar-refractivity contribution in [1.82, 2.24) is 4.90 Å². The van der Waals surface area contributed by atoms with Crippen LogP contribution in [0.3, 0.4) is 0 Å². The highest BCUT2D eigenvalue weighted by Crippen LogP contribution is 2.38. The van der Waals surface area contributed by atoms with Crippen LogP contribution in [0.15, 0.2) is 30.3 Å². The van der Waals surface area contributed by atoms with Gasteiger partial charge in [0.15, 0.2) is 11.5 Å². The van der Waals surface area contributed by atoms with Crippen molar-refractivity contribution in [2.75, 3.05) is 28.4 Å². The Bertz CT molecular complexity index is 745. The van der Waals surface area contributed by atoms with Crippen molar-refractivity contribution < 1.29 is 19.0 Å². The lowest BCUT2D eigenvalue weighted by Gasteiger charge is -2.20. The summed E-state index contributed by atoms with van der Waals surface area (Å²) in [4.78, 5) is 14.4. The number of benzene rings is 2. The van der Waals surface area contributed by atoms with Gasteiger partial charge in [-0.2, -0.15) is 0 Å². The average molecular weight is 343 g/mol. The van der Waals surface area contributed by atoms with Gasteiger partial charge in [0.25, 0.3) is 5.91 Å². The zero-order valence-corrected chi connectivity index (χ0v) is 15.7. The highest BCUT2D eigenvalue weighted by atomic mass is 16.5. The van der Waals surface area contributed by atoms with Crippen LogP contribution in [-0.4, -0.2) is 39.2 Å². The normalized spacial score (nSPS) is 10.3. The topological polar surface area (TPSA) is 48.0 Å². The number of hydrogen-bond acceptors (Lipinski definition) is 4. The van der Waals surface area contributed by atoms with Crippen molar-refractivity contribution >= 4 is 5.91 Å². The molecule has 0 radical (unpaired) electrons. The number of carbonyl (C=O) groups excluding carboxylic acids is 1. The predicted octanol–water partition coefficient (Wildman–Crippen LogP) is 3.60. The first-order valence-electron chi connectivity index (χ1n) is 8.02. The van der Waals surface area contributed by atoms with Gasteiger partial charge in [0, 0.05) is 19.2 Å². The molecule has 0 N–H and O–H groups in total. The lowest BCUT2D eigenvalue weighted by molar-refractivity contribution is 0.0784. The van der Waals surface area contributed by atoms with Gasteiger partial charge in [-0.1, -0.05) is 6.07 Å². The van der Waals surface area contributed by atoms with Crippen molar-refractivity contribution in [3.05, 3.63) is 52.6 Å². The van der Waals surface area contributed by atoms with E-state index >= 15 is 0 Å². The molecule has 0 heterocycles. The first-order chi connectivity index (χ1) is 11.9. The van der Waals surface area contributed by atoms with Gasteiger partial charge < -0.3 is 19.1 Å². The standard InChI is InChI=1S/C20H25NO4/c1-13-7-8-16(9-14(13)2)20(22)21(3)12-15-10-17(23-4)19(25-6)18(11-15)24-5/h7-11H,12H2,1-6H3. The van der Waals surface area contributed by atoms with Crippen LogP contribution in [0.25, 0.3) is 0 Å². The van der Waals surface area contributed by atoms with Crippen LogP contribution in [0, 0.1) is 13.8 Å². The van der Waals surface area contributed by atoms with E-state index in [-0.39, 0.29) is 5.91 Å². The van der Waals surface area contributed by atoms with E-state index in [1.54, 1.807) is 33.3 Å². The minimum Gasteiger partial charge on any atom is -0.493 e. The summed E-state index contributed by atoms with van der Waals surface area (Å²) in [5.41, 5.74) is 3.85. The molecule has 0 aromatic heterocycles. The molecule has 0 aliphatic rings. The van der Waals surface area contributed by atoms with Gasteiger partial charge in [0.1, 0.15) is 0 Å². The number of aryl methyl sites for hydroxylation is 2. The van der Waals surface area contributed by atoms with E-state index in [4.69, 9.17) is 14.2 Å². The van der Waals surface area contributed by atoms with E-state index < -0.39 is 0 Å². The molecule has 0 saturated heterocycles. The second-order valence-electron chi connectivity index (χ2n) is 5.99. The van der Waals surface area contributed by atoms with Gasteiger partial charge in [-0.15, -0.1) is 0 Å². The van der Waals surface area contributed by atoms with Crippen LogP contribution in [0.4, 0.5) is 0 Å². The maximum absolute atomic E-state index is 12.7. The Labute approximate surface area is 149 Å². The lowest BCUT2D eigenvalue weighted by Crippen LogP contribution is -2.26. The highest BCUT2D eigenvalue weighted by molar-refractivity contribution is 5.94. The molecule has 2 aromatic carbocycles. The molecule has 134 valence electrons. The highest BCUT2D eigenvalue weighted by Gasteiger charge is 2.17. The predicted molar refractivity (Wildman–Crippen MR) is 97.8 cm³/mol. The Morgan fingerprint density at radius 2 is 1.52 bits per heavy atom. The van der Waals surface area contributed by atoms with E-state index in [1.807, 2.05) is 44.2 Å². The molecule has 25 heavy (non-hydrogen) atoms. The van der Waals surface area contributed by atoms with E-state index in [2.05, 4.69) is 0 Å². The van der Waals surface area contributed by atoms with Crippen LogP contribution in [0.1, 0.15) is 27.0 Å². The van der Waals surface area contributed by atoms with Crippen molar-refractivity contribution in [1.29, 1.82) is 0 Å². The van der Waals surface area contributed by atoms with Gasteiger partial charge in [-0.3, -0.25) is 4.79 Å². The Balaban J connectivity index is 2.26. The van der Waals surface area contributed by atoms with E-state index in [0.29, 0.717) is 29.4 Å². The van der Waals surface area contributed by atoms with Crippen molar-refractivity contribution in [3.63, 3.8) is 0 Å². The molecule has 0 saturated carbocycles. The molecular formula is C20H25NO4. The van der Waals surface area contributed by atoms with Gasteiger partial charge in [-0.25, -0.2) is 0 Å². The van der Waals surface area contributed by atoms with Crippen LogP contribution < -0.4 is 14.2 Å². The van der Waals surface area contributed by atoms with Gasteiger partial charge >= 0.3 is 0 Å². The van der Waals surface area contributed by atoms with E-state index in [0.717, 1.165) is 11.1 Å². The number of ether oxygens (including phenoxy) is 3. The third kappa shape index (κ3) is 4.05. The Morgan fingerprint density at radius 3 is 2.00 bits per heavy atom. The quantitative estimate of drug-likeness (QED) is 0.804. The maximum Gasteiger partial charge on any atom is 0.253 e. The zero-order valence-electron chi connectivity index (χ0n) is 15.7. The van der Waals surface area contributed by atoms with Gasteiger partial charge in [0.2, 0.25) is 5.75 Å². The fourth-order valence-electron chi connectivity index (χ4n) is 2.67. The van der Waals surface area contributed by atoms with Crippen LogP contribution >= 0.6 is 0 Å². The number of carbonyl (C=O) groups is 1. The molecule has 5 nitrogen and oxygen atoms in total. The number of methoxy groups -OCH3 is 3. The third-order valence-electron chi connectivity index (χ3n) is 4.24. The molecule has 0 aliphatic heterocycles. The summed E-state index contributed by atoms with van der Waals surface area (Å²) in [5.74, 6) is 1.65. The number of nitrogens with zero attached hydrogens (tertiary/aromatic N) is 1. The molecular weight excluding hydrogens is 318 g/mol. The summed E-state index contributed by atoms with van der Waals surface area (Å²) in [6.45, 7) is 4.47. The Morgan fingerprint density at radius 1 is 0.920 bits per heavy atom. The first kappa shape index (κ1) is 18.6. The second-order valence-corrected chi connectivity index (χ2v) is 5.99. The lowest BCUT2D eigenvalue weighted by atomic mass is 10.1. The monoisotopic (exact) mass is 343 g/mol. The molecule has 5 heteroatoms. The van der Waals surface area contributed by atoms with E-state index in [1.165, 1.54) is 5.56 Å². The molecule has 0 aliphatic carbocycles. The summed E-state index contributed by atoms with van der Waals surface area (Å²) in [6, 6.07) is 9.45. The van der Waals surface area contributed by atoms with E-state index in [9.17, 15) is 4.79 Å². The molecule has 0 unspecified atom stereocenters. The van der Waals surface area contributed by atoms with Crippen LogP contribution in [-0.2, 0) is 6.54 Å².